The van der Waals surface area contributed by atoms with Gasteiger partial charge in [-0.25, -0.2) is 4.79 Å². The van der Waals surface area contributed by atoms with Gasteiger partial charge in [0.05, 0.1) is 11.8 Å². The van der Waals surface area contributed by atoms with Crippen molar-refractivity contribution in [1.82, 2.24) is 4.90 Å². The van der Waals surface area contributed by atoms with Crippen LogP contribution >= 0.6 is 0 Å². The Hall–Kier alpha value is -1.39. The van der Waals surface area contributed by atoms with Gasteiger partial charge in [-0.1, -0.05) is 13.8 Å². The lowest BCUT2D eigenvalue weighted by Gasteiger charge is -2.27. The van der Waals surface area contributed by atoms with Crippen LogP contribution in [0.3, 0.4) is 0 Å². The second-order valence-corrected chi connectivity index (χ2v) is 6.46. The number of rotatable bonds is 3. The van der Waals surface area contributed by atoms with E-state index >= 15 is 0 Å². The lowest BCUT2D eigenvalue weighted by Crippen LogP contribution is -2.49. The Morgan fingerprint density at radius 3 is 2.00 bits per heavy atom. The van der Waals surface area contributed by atoms with Gasteiger partial charge in [-0.3, -0.25) is 14.5 Å². The highest BCUT2D eigenvalue weighted by Crippen LogP contribution is 2.56. The average Bonchev–Trinajstić information content (AvgIpc) is 2.97. The number of carboxylic acid groups (broad SMARTS) is 1. The molecular weight excluding hydrogens is 246 g/mol. The molecule has 19 heavy (non-hydrogen) atoms. The minimum absolute atomic E-state index is 0.230. The molecule has 3 rings (SSSR count). The summed E-state index contributed by atoms with van der Waals surface area (Å²) in [6.07, 6.45) is 3.00. The zero-order chi connectivity index (χ0) is 13.9. The van der Waals surface area contributed by atoms with Crippen molar-refractivity contribution in [1.29, 1.82) is 0 Å². The topological polar surface area (TPSA) is 74.7 Å². The quantitative estimate of drug-likeness (QED) is 0.776. The van der Waals surface area contributed by atoms with Gasteiger partial charge >= 0.3 is 5.97 Å². The van der Waals surface area contributed by atoms with Crippen LogP contribution in [0.15, 0.2) is 0 Å². The Labute approximate surface area is 112 Å². The first-order valence-electron chi connectivity index (χ1n) is 7.03. The van der Waals surface area contributed by atoms with Crippen LogP contribution in [-0.2, 0) is 14.4 Å². The largest absolute Gasteiger partial charge is 0.480 e. The first-order chi connectivity index (χ1) is 8.93. The monoisotopic (exact) mass is 265 g/mol. The van der Waals surface area contributed by atoms with Crippen LogP contribution in [0.2, 0.25) is 0 Å². The van der Waals surface area contributed by atoms with Crippen LogP contribution in [0.25, 0.3) is 0 Å². The molecule has 1 heterocycles. The third-order valence-electron chi connectivity index (χ3n) is 5.12. The van der Waals surface area contributed by atoms with E-state index < -0.39 is 12.0 Å². The number of aliphatic carboxylic acids is 1. The Balaban J connectivity index is 1.94. The SMILES string of the molecule is CC(C)[C@@H](C(=O)O)N1C(=O)[C@H]2[C@H]3CC[C@@H](C3)[C@@H]2C1=O. The summed E-state index contributed by atoms with van der Waals surface area (Å²) in [7, 11) is 0. The second-order valence-electron chi connectivity index (χ2n) is 6.46. The lowest BCUT2D eigenvalue weighted by atomic mass is 9.81. The maximum absolute atomic E-state index is 12.5. The molecule has 0 unspecified atom stereocenters. The Morgan fingerprint density at radius 1 is 1.16 bits per heavy atom. The summed E-state index contributed by atoms with van der Waals surface area (Å²) < 4.78 is 0. The molecule has 2 bridgehead atoms. The van der Waals surface area contributed by atoms with E-state index in [0.29, 0.717) is 11.8 Å². The van der Waals surface area contributed by atoms with Gasteiger partial charge in [0.1, 0.15) is 6.04 Å². The minimum Gasteiger partial charge on any atom is -0.480 e. The number of hydrogen-bond donors (Lipinski definition) is 1. The summed E-state index contributed by atoms with van der Waals surface area (Å²) in [6.45, 7) is 3.48. The summed E-state index contributed by atoms with van der Waals surface area (Å²) in [6, 6.07) is -1.01. The summed E-state index contributed by atoms with van der Waals surface area (Å²) >= 11 is 0. The summed E-state index contributed by atoms with van der Waals surface area (Å²) in [5.41, 5.74) is 0. The molecule has 3 aliphatic rings. The van der Waals surface area contributed by atoms with E-state index in [1.165, 1.54) is 0 Å². The van der Waals surface area contributed by atoms with Crippen LogP contribution in [0.1, 0.15) is 33.1 Å². The summed E-state index contributed by atoms with van der Waals surface area (Å²) in [5.74, 6) is -1.66. The molecule has 2 amide bonds. The van der Waals surface area contributed by atoms with Gasteiger partial charge in [0.2, 0.25) is 11.8 Å². The fraction of sp³-hybridized carbons (Fsp3) is 0.786. The van der Waals surface area contributed by atoms with Crippen LogP contribution in [0, 0.1) is 29.6 Å². The maximum Gasteiger partial charge on any atom is 0.327 e. The molecule has 1 saturated heterocycles. The van der Waals surface area contributed by atoms with Crippen LogP contribution in [0.4, 0.5) is 0 Å². The van der Waals surface area contributed by atoms with E-state index in [1.54, 1.807) is 13.8 Å². The van der Waals surface area contributed by atoms with E-state index in [4.69, 9.17) is 0 Å². The highest BCUT2D eigenvalue weighted by molar-refractivity contribution is 6.08. The number of carboxylic acids is 1. The minimum atomic E-state index is -1.08. The van der Waals surface area contributed by atoms with E-state index in [9.17, 15) is 19.5 Å². The number of carbonyl (C=O) groups is 3. The molecule has 0 aromatic heterocycles. The molecule has 5 heteroatoms. The fourth-order valence-electron chi connectivity index (χ4n) is 4.40. The normalized spacial score (nSPS) is 38.2. The predicted molar refractivity (Wildman–Crippen MR) is 65.9 cm³/mol. The molecule has 104 valence electrons. The average molecular weight is 265 g/mol. The van der Waals surface area contributed by atoms with Crippen molar-refractivity contribution < 1.29 is 19.5 Å². The number of amides is 2. The number of carbonyl (C=O) groups excluding carboxylic acids is 2. The van der Waals surface area contributed by atoms with E-state index in [2.05, 4.69) is 0 Å². The molecule has 5 nitrogen and oxygen atoms in total. The highest BCUT2D eigenvalue weighted by atomic mass is 16.4. The van der Waals surface area contributed by atoms with Crippen LogP contribution < -0.4 is 0 Å². The molecular formula is C14H19NO4. The van der Waals surface area contributed by atoms with Crippen LogP contribution in [0.5, 0.6) is 0 Å². The van der Waals surface area contributed by atoms with Gasteiger partial charge < -0.3 is 5.11 Å². The van der Waals surface area contributed by atoms with Gasteiger partial charge in [0, 0.05) is 0 Å². The van der Waals surface area contributed by atoms with Crippen molar-refractivity contribution in [2.24, 2.45) is 29.6 Å². The standard InChI is InChI=1S/C14H19NO4/c1-6(2)11(14(18)19)15-12(16)9-7-3-4-8(5-7)10(9)13(15)17/h6-11H,3-5H2,1-2H3,(H,18,19)/t7-,8-,9-,10-,11-/m0/s1. The number of fused-ring (bicyclic) bond motifs is 5. The molecule has 0 radical (unpaired) electrons. The van der Waals surface area contributed by atoms with Crippen molar-refractivity contribution in [3.63, 3.8) is 0 Å². The van der Waals surface area contributed by atoms with Crippen molar-refractivity contribution >= 4 is 17.8 Å². The number of likely N-dealkylation sites (tertiary alicyclic amines) is 1. The van der Waals surface area contributed by atoms with Gasteiger partial charge in [-0.15, -0.1) is 0 Å². The van der Waals surface area contributed by atoms with E-state index in [-0.39, 0.29) is 29.6 Å². The number of hydrogen-bond acceptors (Lipinski definition) is 3. The molecule has 2 saturated carbocycles. The van der Waals surface area contributed by atoms with Gasteiger partial charge in [0.15, 0.2) is 0 Å². The zero-order valence-corrected chi connectivity index (χ0v) is 11.2. The van der Waals surface area contributed by atoms with Gasteiger partial charge in [-0.2, -0.15) is 0 Å². The van der Waals surface area contributed by atoms with Crippen molar-refractivity contribution in [3.05, 3.63) is 0 Å². The molecule has 1 N–H and O–H groups in total. The number of imide groups is 1. The van der Waals surface area contributed by atoms with Crippen molar-refractivity contribution in [2.75, 3.05) is 0 Å². The molecule has 5 atom stereocenters. The molecule has 0 aromatic carbocycles. The molecule has 1 aliphatic heterocycles. The molecule has 3 fully saturated rings. The molecule has 0 aromatic rings. The van der Waals surface area contributed by atoms with Crippen molar-refractivity contribution in [3.8, 4) is 0 Å². The molecule has 2 aliphatic carbocycles. The lowest BCUT2D eigenvalue weighted by molar-refractivity contribution is -0.157. The van der Waals surface area contributed by atoms with Crippen molar-refractivity contribution in [2.45, 2.75) is 39.2 Å². The predicted octanol–water partition coefficient (Wildman–Crippen LogP) is 1.13. The number of nitrogens with zero attached hydrogens (tertiary/aromatic N) is 1. The Bertz CT molecular complexity index is 430. The Morgan fingerprint density at radius 2 is 1.63 bits per heavy atom. The van der Waals surface area contributed by atoms with E-state index in [0.717, 1.165) is 24.2 Å². The second kappa shape index (κ2) is 4.05. The zero-order valence-electron chi connectivity index (χ0n) is 11.2. The summed E-state index contributed by atoms with van der Waals surface area (Å²) in [4.78, 5) is 37.4. The first-order valence-corrected chi connectivity index (χ1v) is 7.03. The highest BCUT2D eigenvalue weighted by Gasteiger charge is 2.62. The van der Waals surface area contributed by atoms with Gasteiger partial charge in [-0.05, 0) is 37.0 Å². The third kappa shape index (κ3) is 1.56. The maximum atomic E-state index is 12.5. The molecule has 0 spiro atoms. The first kappa shape index (κ1) is 12.6. The fourth-order valence-corrected chi connectivity index (χ4v) is 4.40. The van der Waals surface area contributed by atoms with Crippen LogP contribution in [-0.4, -0.2) is 33.8 Å². The summed E-state index contributed by atoms with van der Waals surface area (Å²) in [5, 5.41) is 9.30. The Kier molecular flexibility index (Phi) is 2.69. The van der Waals surface area contributed by atoms with E-state index in [1.807, 2.05) is 0 Å². The van der Waals surface area contributed by atoms with Gasteiger partial charge in [0.25, 0.3) is 0 Å². The smallest absolute Gasteiger partial charge is 0.327 e. The third-order valence-corrected chi connectivity index (χ3v) is 5.12.